The van der Waals surface area contributed by atoms with Crippen LogP contribution in [0.4, 0.5) is 0 Å². The van der Waals surface area contributed by atoms with Gasteiger partial charge in [-0.3, -0.25) is 4.79 Å². The van der Waals surface area contributed by atoms with Crippen LogP contribution in [0.5, 0.6) is 0 Å². The summed E-state index contributed by atoms with van der Waals surface area (Å²) < 4.78 is 0. The number of hydrogen-bond acceptors (Lipinski definition) is 5. The molecule has 7 heteroatoms. The molecule has 3 aliphatic carbocycles. The molecule has 1 atom stereocenters. The minimum Gasteiger partial charge on any atom is -0.426 e. The minimum absolute atomic E-state index is 0.0518. The summed E-state index contributed by atoms with van der Waals surface area (Å²) in [6.07, 6.45) is 6.33. The highest BCUT2D eigenvalue weighted by atomic mass is 16.4. The normalized spacial score (nSPS) is 28.6. The maximum absolute atomic E-state index is 12.6. The van der Waals surface area contributed by atoms with Gasteiger partial charge < -0.3 is 26.2 Å². The molecule has 0 unspecified atom stereocenters. The molecular formula is C19H29BN2O4. The molecule has 3 saturated carbocycles. The van der Waals surface area contributed by atoms with Crippen molar-refractivity contribution in [1.82, 2.24) is 5.32 Å². The van der Waals surface area contributed by atoms with Gasteiger partial charge in [-0.25, -0.2) is 0 Å². The highest BCUT2D eigenvalue weighted by molar-refractivity contribution is 6.43. The van der Waals surface area contributed by atoms with Crippen LogP contribution in [0.1, 0.15) is 67.3 Å². The third kappa shape index (κ3) is 3.96. The molecule has 3 fully saturated rings. The average molecular weight is 360 g/mol. The first kappa shape index (κ1) is 19.4. The molecule has 4 rings (SSSR count). The molecule has 0 heterocycles. The fourth-order valence-corrected chi connectivity index (χ4v) is 4.47. The monoisotopic (exact) mass is 360 g/mol. The summed E-state index contributed by atoms with van der Waals surface area (Å²) in [5.74, 6) is -1.03. The molecular weight excluding hydrogens is 331 g/mol. The van der Waals surface area contributed by atoms with E-state index >= 15 is 0 Å². The van der Waals surface area contributed by atoms with Crippen molar-refractivity contribution in [1.29, 1.82) is 0 Å². The second-order valence-electron chi connectivity index (χ2n) is 8.01. The predicted molar refractivity (Wildman–Crippen MR) is 101 cm³/mol. The number of benzene rings is 1. The summed E-state index contributed by atoms with van der Waals surface area (Å²) in [5.41, 5.74) is 6.72. The first-order valence-corrected chi connectivity index (χ1v) is 9.58. The maximum atomic E-state index is 12.6. The van der Waals surface area contributed by atoms with Gasteiger partial charge in [-0.05, 0) is 81.0 Å². The van der Waals surface area contributed by atoms with Gasteiger partial charge in [-0.1, -0.05) is 12.1 Å². The summed E-state index contributed by atoms with van der Waals surface area (Å²) in [5, 5.41) is 32.1. The van der Waals surface area contributed by atoms with Crippen molar-refractivity contribution in [2.45, 2.75) is 68.3 Å². The summed E-state index contributed by atoms with van der Waals surface area (Å²) in [6.45, 7) is 0.434. The summed E-state index contributed by atoms with van der Waals surface area (Å²) >= 11 is 0. The van der Waals surface area contributed by atoms with E-state index in [1.54, 1.807) is 6.07 Å². The van der Waals surface area contributed by atoms with Crippen molar-refractivity contribution in [2.24, 2.45) is 5.73 Å². The quantitative estimate of drug-likeness (QED) is 0.463. The Bertz CT molecular complexity index is 628. The van der Waals surface area contributed by atoms with Crippen LogP contribution < -0.4 is 11.1 Å². The van der Waals surface area contributed by atoms with Gasteiger partial charge in [-0.15, -0.1) is 0 Å². The van der Waals surface area contributed by atoms with Crippen LogP contribution in [-0.2, 0) is 5.41 Å². The van der Waals surface area contributed by atoms with Crippen LogP contribution in [0.3, 0.4) is 0 Å². The molecule has 2 bridgehead atoms. The Labute approximate surface area is 154 Å². The Hall–Kier alpha value is -1.41. The second-order valence-corrected chi connectivity index (χ2v) is 8.01. The van der Waals surface area contributed by atoms with Gasteiger partial charge >= 0.3 is 7.12 Å². The molecule has 1 amide bonds. The molecule has 6 nitrogen and oxygen atoms in total. The zero-order chi connectivity index (χ0) is 18.8. The summed E-state index contributed by atoms with van der Waals surface area (Å²) in [4.78, 5) is 12.6. The molecule has 3 aliphatic rings. The number of carbonyl (C=O) groups excluding carboxylic acids is 1. The molecule has 0 radical (unpaired) electrons. The van der Waals surface area contributed by atoms with E-state index in [1.165, 1.54) is 0 Å². The van der Waals surface area contributed by atoms with E-state index in [0.717, 1.165) is 44.1 Å². The molecule has 1 aromatic carbocycles. The Balaban J connectivity index is 1.74. The molecule has 0 saturated heterocycles. The molecule has 0 aliphatic heterocycles. The first-order valence-electron chi connectivity index (χ1n) is 9.58. The Morgan fingerprint density at radius 3 is 2.42 bits per heavy atom. The minimum atomic E-state index is -1.61. The lowest BCUT2D eigenvalue weighted by Gasteiger charge is -2.51. The van der Waals surface area contributed by atoms with Crippen LogP contribution in [0.2, 0.25) is 0 Å². The van der Waals surface area contributed by atoms with Crippen molar-refractivity contribution in [2.75, 3.05) is 6.54 Å². The van der Waals surface area contributed by atoms with E-state index in [4.69, 9.17) is 5.73 Å². The Morgan fingerprint density at radius 2 is 1.85 bits per heavy atom. The Kier molecular flexibility index (Phi) is 5.72. The van der Waals surface area contributed by atoms with Crippen LogP contribution in [-0.4, -0.2) is 46.3 Å². The highest BCUT2D eigenvalue weighted by Gasteiger charge is 2.48. The smallest absolute Gasteiger partial charge is 0.426 e. The van der Waals surface area contributed by atoms with Crippen LogP contribution in [0, 0.1) is 0 Å². The number of nitrogens with two attached hydrogens (primary N) is 1. The third-order valence-electron chi connectivity index (χ3n) is 6.34. The van der Waals surface area contributed by atoms with Crippen molar-refractivity contribution in [3.63, 3.8) is 0 Å². The van der Waals surface area contributed by atoms with Gasteiger partial charge in [0.1, 0.15) is 0 Å². The van der Waals surface area contributed by atoms with Crippen LogP contribution in [0.25, 0.3) is 0 Å². The number of fused-ring (bicyclic) bond motifs is 3. The maximum Gasteiger partial charge on any atom is 0.475 e. The number of carbonyl (C=O) groups is 1. The third-order valence-corrected chi connectivity index (χ3v) is 6.34. The van der Waals surface area contributed by atoms with Gasteiger partial charge in [0.15, 0.2) is 0 Å². The van der Waals surface area contributed by atoms with E-state index in [0.29, 0.717) is 24.9 Å². The second kappa shape index (κ2) is 7.68. The molecule has 26 heavy (non-hydrogen) atoms. The summed E-state index contributed by atoms with van der Waals surface area (Å²) in [7, 11) is -1.61. The van der Waals surface area contributed by atoms with E-state index in [2.05, 4.69) is 11.4 Å². The first-order chi connectivity index (χ1) is 12.4. The van der Waals surface area contributed by atoms with Gasteiger partial charge in [-0.2, -0.15) is 0 Å². The molecule has 0 spiro atoms. The number of amides is 1. The Morgan fingerprint density at radius 1 is 1.19 bits per heavy atom. The fraction of sp³-hybridized carbons (Fsp3) is 0.632. The summed E-state index contributed by atoms with van der Waals surface area (Å²) in [6, 6.07) is 7.63. The molecule has 142 valence electrons. The standard InChI is InChI=1S/C19H29BN2O4/c21-12-2-5-16(20(25)26)22-17(23)14-3-1-4-15(13-14)18-6-9-19(24,10-7-18)11-8-18/h1,3-4,13,16,24-26H,2,5-12,21H2,(H,22,23)/t16-,18?,19?/m0/s1. The van der Waals surface area contributed by atoms with Crippen LogP contribution in [0.15, 0.2) is 24.3 Å². The molecule has 0 aromatic heterocycles. The van der Waals surface area contributed by atoms with Crippen molar-refractivity contribution in [3.8, 4) is 0 Å². The molecule has 6 N–H and O–H groups in total. The van der Waals surface area contributed by atoms with Crippen LogP contribution >= 0.6 is 0 Å². The molecule has 1 aromatic rings. The van der Waals surface area contributed by atoms with Crippen molar-refractivity contribution >= 4 is 13.0 Å². The van der Waals surface area contributed by atoms with Gasteiger partial charge in [0, 0.05) is 5.56 Å². The van der Waals surface area contributed by atoms with Gasteiger partial charge in [0.05, 0.1) is 11.5 Å². The zero-order valence-electron chi connectivity index (χ0n) is 15.2. The van der Waals surface area contributed by atoms with E-state index in [9.17, 15) is 19.9 Å². The lowest BCUT2D eigenvalue weighted by Crippen LogP contribution is -2.48. The highest BCUT2D eigenvalue weighted by Crippen LogP contribution is 2.53. The van der Waals surface area contributed by atoms with E-state index < -0.39 is 18.7 Å². The number of rotatable bonds is 7. The zero-order valence-corrected chi connectivity index (χ0v) is 15.2. The lowest BCUT2D eigenvalue weighted by atomic mass is 9.56. The van der Waals surface area contributed by atoms with Crippen molar-refractivity contribution < 1.29 is 19.9 Å². The van der Waals surface area contributed by atoms with Gasteiger partial charge in [0.2, 0.25) is 0 Å². The lowest BCUT2D eigenvalue weighted by molar-refractivity contribution is -0.0660. The largest absolute Gasteiger partial charge is 0.475 e. The van der Waals surface area contributed by atoms with E-state index in [-0.39, 0.29) is 11.3 Å². The SMILES string of the molecule is NCCC[C@H](NC(=O)c1cccc(C23CCC(O)(CC2)CC3)c1)B(O)O. The van der Waals surface area contributed by atoms with Crippen molar-refractivity contribution in [3.05, 3.63) is 35.4 Å². The fourth-order valence-electron chi connectivity index (χ4n) is 4.47. The topological polar surface area (TPSA) is 116 Å². The number of aliphatic hydroxyl groups is 1. The number of hydrogen-bond donors (Lipinski definition) is 5. The number of nitrogens with one attached hydrogen (secondary N) is 1. The van der Waals surface area contributed by atoms with Gasteiger partial charge in [0.25, 0.3) is 5.91 Å². The predicted octanol–water partition coefficient (Wildman–Crippen LogP) is 0.873. The van der Waals surface area contributed by atoms with E-state index in [1.807, 2.05) is 12.1 Å². The average Bonchev–Trinajstić information content (AvgIpc) is 2.65.